The monoisotopic (exact) mass is 395 g/mol. The van der Waals surface area contributed by atoms with E-state index < -0.39 is 0 Å². The highest BCUT2D eigenvalue weighted by Gasteiger charge is 2.14. The number of rotatable bonds is 2. The summed E-state index contributed by atoms with van der Waals surface area (Å²) >= 11 is 6.45. The molecule has 0 aliphatic heterocycles. The molecule has 0 radical (unpaired) electrons. The van der Waals surface area contributed by atoms with Gasteiger partial charge >= 0.3 is 0 Å². The van der Waals surface area contributed by atoms with Crippen molar-refractivity contribution in [2.24, 2.45) is 0 Å². The van der Waals surface area contributed by atoms with E-state index in [9.17, 15) is 4.79 Å². The molecule has 3 heterocycles. The summed E-state index contributed by atoms with van der Waals surface area (Å²) in [5.74, 6) is 0.0667. The standard InChI is InChI=1S/C12H7Br2N5O/c13-9-6-15-11(10(14)17-9)18-12(20)7-5-16-19-4-2-1-3-8(7)19/h1-6H,(H,15,18,20). The van der Waals surface area contributed by atoms with Gasteiger partial charge in [-0.2, -0.15) is 5.10 Å². The number of pyridine rings is 1. The Morgan fingerprint density at radius 3 is 2.90 bits per heavy atom. The first-order chi connectivity index (χ1) is 9.65. The van der Waals surface area contributed by atoms with Gasteiger partial charge in [0.05, 0.1) is 23.5 Å². The summed E-state index contributed by atoms with van der Waals surface area (Å²) in [4.78, 5) is 20.5. The molecule has 0 aliphatic carbocycles. The molecule has 100 valence electrons. The Hall–Kier alpha value is -1.80. The van der Waals surface area contributed by atoms with E-state index in [2.05, 4.69) is 52.2 Å². The molecule has 0 spiro atoms. The smallest absolute Gasteiger partial charge is 0.260 e. The summed E-state index contributed by atoms with van der Waals surface area (Å²) in [6, 6.07) is 5.52. The first-order valence-electron chi connectivity index (χ1n) is 5.57. The first-order valence-corrected chi connectivity index (χ1v) is 7.15. The van der Waals surface area contributed by atoms with Crippen LogP contribution in [0.15, 0.2) is 46.0 Å². The Kier molecular flexibility index (Phi) is 3.49. The Morgan fingerprint density at radius 2 is 2.10 bits per heavy atom. The zero-order valence-corrected chi connectivity index (χ0v) is 13.1. The Balaban J connectivity index is 1.93. The van der Waals surface area contributed by atoms with Gasteiger partial charge in [-0.05, 0) is 44.0 Å². The minimum Gasteiger partial charge on any atom is -0.304 e. The first kappa shape index (κ1) is 13.2. The van der Waals surface area contributed by atoms with Crippen LogP contribution in [0.4, 0.5) is 5.82 Å². The summed E-state index contributed by atoms with van der Waals surface area (Å²) in [6.45, 7) is 0. The van der Waals surface area contributed by atoms with E-state index in [4.69, 9.17) is 0 Å². The van der Waals surface area contributed by atoms with Crippen molar-refractivity contribution in [3.63, 3.8) is 0 Å². The second-order valence-corrected chi connectivity index (χ2v) is 5.44. The maximum absolute atomic E-state index is 12.3. The van der Waals surface area contributed by atoms with Gasteiger partial charge in [-0.3, -0.25) is 4.79 Å². The van der Waals surface area contributed by atoms with Crippen LogP contribution < -0.4 is 5.32 Å². The van der Waals surface area contributed by atoms with Crippen LogP contribution in [-0.2, 0) is 0 Å². The normalized spacial score (nSPS) is 10.7. The van der Waals surface area contributed by atoms with E-state index in [-0.39, 0.29) is 5.91 Å². The van der Waals surface area contributed by atoms with Gasteiger partial charge in [0.1, 0.15) is 9.21 Å². The second kappa shape index (κ2) is 5.29. The third kappa shape index (κ3) is 2.44. The highest BCUT2D eigenvalue weighted by Crippen LogP contribution is 2.20. The molecule has 20 heavy (non-hydrogen) atoms. The number of anilines is 1. The molecule has 3 aromatic heterocycles. The summed E-state index contributed by atoms with van der Waals surface area (Å²) < 4.78 is 2.67. The fourth-order valence-electron chi connectivity index (χ4n) is 1.71. The van der Waals surface area contributed by atoms with E-state index in [1.54, 1.807) is 10.7 Å². The van der Waals surface area contributed by atoms with Crippen LogP contribution in [0.2, 0.25) is 0 Å². The minimum atomic E-state index is -0.288. The van der Waals surface area contributed by atoms with E-state index >= 15 is 0 Å². The van der Waals surface area contributed by atoms with Gasteiger partial charge in [0.2, 0.25) is 0 Å². The zero-order valence-electron chi connectivity index (χ0n) is 9.92. The molecule has 0 atom stereocenters. The molecule has 0 unspecified atom stereocenters. The number of hydrogen-bond acceptors (Lipinski definition) is 4. The van der Waals surface area contributed by atoms with Gasteiger partial charge in [-0.25, -0.2) is 14.5 Å². The average Bonchev–Trinajstić information content (AvgIpc) is 2.86. The minimum absolute atomic E-state index is 0.288. The largest absolute Gasteiger partial charge is 0.304 e. The van der Waals surface area contributed by atoms with Gasteiger partial charge < -0.3 is 5.32 Å². The van der Waals surface area contributed by atoms with Crippen molar-refractivity contribution in [3.05, 3.63) is 51.6 Å². The predicted molar refractivity (Wildman–Crippen MR) is 80.6 cm³/mol. The van der Waals surface area contributed by atoms with Crippen LogP contribution >= 0.6 is 31.9 Å². The molecule has 0 aliphatic rings. The molecule has 3 rings (SSSR count). The fraction of sp³-hybridized carbons (Fsp3) is 0. The van der Waals surface area contributed by atoms with Crippen molar-refractivity contribution >= 4 is 49.1 Å². The van der Waals surface area contributed by atoms with Crippen LogP contribution in [0.25, 0.3) is 5.52 Å². The summed E-state index contributed by atoms with van der Waals surface area (Å²) in [7, 11) is 0. The summed E-state index contributed by atoms with van der Waals surface area (Å²) in [6.07, 6.45) is 4.81. The summed E-state index contributed by atoms with van der Waals surface area (Å²) in [5, 5.41) is 6.82. The van der Waals surface area contributed by atoms with Crippen molar-refractivity contribution < 1.29 is 4.79 Å². The maximum Gasteiger partial charge on any atom is 0.260 e. The lowest BCUT2D eigenvalue weighted by Gasteiger charge is -2.05. The zero-order chi connectivity index (χ0) is 14.1. The number of hydrogen-bond donors (Lipinski definition) is 1. The summed E-state index contributed by atoms with van der Waals surface area (Å²) in [5.41, 5.74) is 1.20. The van der Waals surface area contributed by atoms with Crippen molar-refractivity contribution in [2.45, 2.75) is 0 Å². The number of nitrogens with zero attached hydrogens (tertiary/aromatic N) is 4. The van der Waals surface area contributed by atoms with Crippen LogP contribution in [-0.4, -0.2) is 25.5 Å². The molecule has 6 nitrogen and oxygen atoms in total. The molecular weight excluding hydrogens is 390 g/mol. The predicted octanol–water partition coefficient (Wildman–Crippen LogP) is 2.90. The Labute approximate surface area is 130 Å². The molecule has 1 amide bonds. The van der Waals surface area contributed by atoms with Crippen LogP contribution in [0.3, 0.4) is 0 Å². The molecule has 1 N–H and O–H groups in total. The third-order valence-electron chi connectivity index (χ3n) is 2.60. The topological polar surface area (TPSA) is 72.2 Å². The molecule has 3 aromatic rings. The van der Waals surface area contributed by atoms with E-state index in [1.807, 2.05) is 18.2 Å². The number of amides is 1. The van der Waals surface area contributed by atoms with E-state index in [0.29, 0.717) is 20.6 Å². The highest BCUT2D eigenvalue weighted by molar-refractivity contribution is 9.11. The molecule has 0 saturated carbocycles. The molecule has 0 bridgehead atoms. The molecule has 0 aromatic carbocycles. The molecular formula is C12H7Br2N5O. The number of aromatic nitrogens is 4. The SMILES string of the molecule is O=C(Nc1ncc(Br)nc1Br)c1cnn2ccccc12. The van der Waals surface area contributed by atoms with Crippen molar-refractivity contribution in [1.82, 2.24) is 19.6 Å². The van der Waals surface area contributed by atoms with Gasteiger partial charge in [0.25, 0.3) is 5.91 Å². The Bertz CT molecular complexity index is 801. The second-order valence-electron chi connectivity index (χ2n) is 3.87. The van der Waals surface area contributed by atoms with Gasteiger partial charge in [0, 0.05) is 6.20 Å². The lowest BCUT2D eigenvalue weighted by atomic mass is 10.2. The maximum atomic E-state index is 12.3. The van der Waals surface area contributed by atoms with Gasteiger partial charge in [0.15, 0.2) is 5.82 Å². The highest BCUT2D eigenvalue weighted by atomic mass is 79.9. The number of carbonyl (C=O) groups excluding carboxylic acids is 1. The molecule has 0 saturated heterocycles. The number of halogens is 2. The van der Waals surface area contributed by atoms with Crippen LogP contribution in [0, 0.1) is 0 Å². The van der Waals surface area contributed by atoms with Gasteiger partial charge in [-0.1, -0.05) is 6.07 Å². The van der Waals surface area contributed by atoms with E-state index in [1.165, 1.54) is 12.4 Å². The lowest BCUT2D eigenvalue weighted by Crippen LogP contribution is -2.13. The number of fused-ring (bicyclic) bond motifs is 1. The van der Waals surface area contributed by atoms with Crippen molar-refractivity contribution in [2.75, 3.05) is 5.32 Å². The van der Waals surface area contributed by atoms with Crippen LogP contribution in [0.1, 0.15) is 10.4 Å². The number of carbonyl (C=O) groups is 1. The van der Waals surface area contributed by atoms with E-state index in [0.717, 1.165) is 5.52 Å². The quantitative estimate of drug-likeness (QED) is 0.722. The molecule has 8 heteroatoms. The Morgan fingerprint density at radius 1 is 1.25 bits per heavy atom. The average molecular weight is 397 g/mol. The molecule has 0 fully saturated rings. The van der Waals surface area contributed by atoms with Gasteiger partial charge in [-0.15, -0.1) is 0 Å². The lowest BCUT2D eigenvalue weighted by molar-refractivity contribution is 0.102. The van der Waals surface area contributed by atoms with Crippen molar-refractivity contribution in [1.29, 1.82) is 0 Å². The van der Waals surface area contributed by atoms with Crippen molar-refractivity contribution in [3.8, 4) is 0 Å². The van der Waals surface area contributed by atoms with Crippen LogP contribution in [0.5, 0.6) is 0 Å². The number of nitrogens with one attached hydrogen (secondary N) is 1. The fourth-order valence-corrected chi connectivity index (χ4v) is 2.63. The third-order valence-corrected chi connectivity index (χ3v) is 3.54.